The quantitative estimate of drug-likeness (QED) is 0.672. The first-order chi connectivity index (χ1) is 8.20. The van der Waals surface area contributed by atoms with Gasteiger partial charge < -0.3 is 25.1 Å². The van der Waals surface area contributed by atoms with Gasteiger partial charge >= 0.3 is 0 Å². The Bertz CT molecular complexity index is 481. The van der Waals surface area contributed by atoms with Crippen LogP contribution in [0.2, 0.25) is 0 Å². The van der Waals surface area contributed by atoms with Crippen LogP contribution in [0.5, 0.6) is 0 Å². The Morgan fingerprint density at radius 2 is 2.24 bits per heavy atom. The van der Waals surface area contributed by atoms with Crippen molar-refractivity contribution < 1.29 is 9.47 Å². The molecule has 3 N–H and O–H groups in total. The fourth-order valence-electron chi connectivity index (χ4n) is 2.32. The molecule has 3 heterocycles. The Morgan fingerprint density at radius 1 is 1.47 bits per heavy atom. The lowest BCUT2D eigenvalue weighted by Crippen LogP contribution is -2.35. The van der Waals surface area contributed by atoms with E-state index < -0.39 is 5.79 Å². The number of nitrogens with zero attached hydrogens (tertiary/aromatic N) is 2. The van der Waals surface area contributed by atoms with Gasteiger partial charge in [0.05, 0.1) is 26.1 Å². The van der Waals surface area contributed by atoms with Crippen molar-refractivity contribution >= 4 is 11.5 Å². The normalized spacial score (nSPS) is 22.5. The summed E-state index contributed by atoms with van der Waals surface area (Å²) in [4.78, 5) is 19.9. The summed E-state index contributed by atoms with van der Waals surface area (Å²) in [7, 11) is 0. The average Bonchev–Trinajstić information content (AvgIpc) is 2.94. The summed E-state index contributed by atoms with van der Waals surface area (Å²) < 4.78 is 11.2. The molecular formula is C10H14N4O3. The van der Waals surface area contributed by atoms with Crippen molar-refractivity contribution in [3.63, 3.8) is 0 Å². The van der Waals surface area contributed by atoms with Crippen molar-refractivity contribution in [1.82, 2.24) is 9.97 Å². The molecule has 2 saturated heterocycles. The van der Waals surface area contributed by atoms with E-state index in [1.807, 2.05) is 4.90 Å². The van der Waals surface area contributed by atoms with Crippen molar-refractivity contribution in [2.75, 3.05) is 36.9 Å². The van der Waals surface area contributed by atoms with Gasteiger partial charge in [-0.3, -0.25) is 4.79 Å². The van der Waals surface area contributed by atoms with Gasteiger partial charge in [-0.25, -0.2) is 4.98 Å². The Balaban J connectivity index is 1.87. The molecule has 0 aromatic carbocycles. The highest BCUT2D eigenvalue weighted by atomic mass is 16.7. The molecule has 7 heteroatoms. The topological polar surface area (TPSA) is 93.5 Å². The highest BCUT2D eigenvalue weighted by molar-refractivity contribution is 5.61. The first-order valence-electron chi connectivity index (χ1n) is 5.56. The molecule has 0 aliphatic carbocycles. The SMILES string of the molecule is Nc1c(N2CCC3(C2)OCCO3)nc[nH]c1=O. The van der Waals surface area contributed by atoms with Gasteiger partial charge in [-0.05, 0) is 0 Å². The lowest BCUT2D eigenvalue weighted by Gasteiger charge is -2.23. The molecule has 0 saturated carbocycles. The molecule has 2 aliphatic heterocycles. The first-order valence-corrected chi connectivity index (χ1v) is 5.56. The fourth-order valence-corrected chi connectivity index (χ4v) is 2.32. The van der Waals surface area contributed by atoms with Crippen molar-refractivity contribution in [3.8, 4) is 0 Å². The molecule has 0 amide bonds. The Hall–Kier alpha value is -1.60. The Labute approximate surface area is 97.5 Å². The fraction of sp³-hybridized carbons (Fsp3) is 0.600. The molecule has 2 fully saturated rings. The van der Waals surface area contributed by atoms with Crippen LogP contribution in [-0.4, -0.2) is 42.1 Å². The van der Waals surface area contributed by atoms with E-state index in [4.69, 9.17) is 15.2 Å². The summed E-state index contributed by atoms with van der Waals surface area (Å²) >= 11 is 0. The van der Waals surface area contributed by atoms with Crippen molar-refractivity contribution in [1.29, 1.82) is 0 Å². The molecule has 2 aliphatic rings. The van der Waals surface area contributed by atoms with Gasteiger partial charge in [0, 0.05) is 13.0 Å². The molecule has 3 rings (SSSR count). The van der Waals surface area contributed by atoms with Crippen molar-refractivity contribution in [2.45, 2.75) is 12.2 Å². The molecule has 92 valence electrons. The van der Waals surface area contributed by atoms with E-state index in [-0.39, 0.29) is 11.2 Å². The van der Waals surface area contributed by atoms with Crippen LogP contribution >= 0.6 is 0 Å². The summed E-state index contributed by atoms with van der Waals surface area (Å²) in [5.41, 5.74) is 5.55. The highest BCUT2D eigenvalue weighted by Crippen LogP contribution is 2.33. The van der Waals surface area contributed by atoms with Gasteiger partial charge in [-0.1, -0.05) is 0 Å². The second kappa shape index (κ2) is 3.71. The van der Waals surface area contributed by atoms with Crippen LogP contribution in [0.4, 0.5) is 11.5 Å². The van der Waals surface area contributed by atoms with Crippen LogP contribution in [0.3, 0.4) is 0 Å². The van der Waals surface area contributed by atoms with Crippen LogP contribution in [0.15, 0.2) is 11.1 Å². The van der Waals surface area contributed by atoms with Crippen LogP contribution in [-0.2, 0) is 9.47 Å². The summed E-state index contributed by atoms with van der Waals surface area (Å²) in [5.74, 6) is -0.0267. The van der Waals surface area contributed by atoms with Crippen LogP contribution in [0.1, 0.15) is 6.42 Å². The van der Waals surface area contributed by atoms with Crippen LogP contribution in [0, 0.1) is 0 Å². The number of nitrogens with one attached hydrogen (secondary N) is 1. The zero-order valence-electron chi connectivity index (χ0n) is 9.31. The smallest absolute Gasteiger partial charge is 0.276 e. The van der Waals surface area contributed by atoms with E-state index in [1.54, 1.807) is 0 Å². The minimum Gasteiger partial charge on any atom is -0.391 e. The molecule has 0 bridgehead atoms. The Morgan fingerprint density at radius 3 is 3.00 bits per heavy atom. The minimum atomic E-state index is -0.531. The number of anilines is 2. The molecule has 1 aromatic rings. The largest absolute Gasteiger partial charge is 0.391 e. The van der Waals surface area contributed by atoms with Gasteiger partial charge in [0.15, 0.2) is 11.6 Å². The maximum Gasteiger partial charge on any atom is 0.276 e. The number of aromatic amines is 1. The van der Waals surface area contributed by atoms with Crippen molar-refractivity contribution in [2.24, 2.45) is 0 Å². The highest BCUT2D eigenvalue weighted by Gasteiger charge is 2.44. The predicted octanol–water partition coefficient (Wildman–Crippen LogP) is -0.695. The van der Waals surface area contributed by atoms with E-state index in [1.165, 1.54) is 6.33 Å². The number of nitrogen functional groups attached to an aromatic ring is 1. The molecule has 0 atom stereocenters. The summed E-state index contributed by atoms with van der Waals surface area (Å²) in [6.07, 6.45) is 2.12. The molecule has 17 heavy (non-hydrogen) atoms. The van der Waals surface area contributed by atoms with Gasteiger partial charge in [0.1, 0.15) is 5.69 Å². The van der Waals surface area contributed by atoms with Gasteiger partial charge in [0.2, 0.25) is 0 Å². The minimum absolute atomic E-state index is 0.141. The second-order valence-corrected chi connectivity index (χ2v) is 4.25. The standard InChI is InChI=1S/C10H14N4O3/c11-7-8(12-6-13-9(7)15)14-2-1-10(5-14)16-3-4-17-10/h6H,1-5,11H2,(H,12,13,15). The van der Waals surface area contributed by atoms with E-state index in [0.29, 0.717) is 25.6 Å². The number of hydrogen-bond donors (Lipinski definition) is 2. The molecule has 0 unspecified atom stereocenters. The second-order valence-electron chi connectivity index (χ2n) is 4.25. The zero-order chi connectivity index (χ0) is 11.9. The number of aromatic nitrogens is 2. The summed E-state index contributed by atoms with van der Waals surface area (Å²) in [5, 5.41) is 0. The van der Waals surface area contributed by atoms with Crippen LogP contribution < -0.4 is 16.2 Å². The molecule has 1 aromatic heterocycles. The van der Waals surface area contributed by atoms with E-state index in [9.17, 15) is 4.79 Å². The third kappa shape index (κ3) is 1.67. The Kier molecular flexibility index (Phi) is 2.30. The number of ether oxygens (including phenoxy) is 2. The molecular weight excluding hydrogens is 224 g/mol. The number of nitrogens with two attached hydrogens (primary N) is 1. The summed E-state index contributed by atoms with van der Waals surface area (Å²) in [6, 6.07) is 0. The number of H-pyrrole nitrogens is 1. The van der Waals surface area contributed by atoms with E-state index >= 15 is 0 Å². The van der Waals surface area contributed by atoms with Gasteiger partial charge in [-0.15, -0.1) is 0 Å². The van der Waals surface area contributed by atoms with Crippen LogP contribution in [0.25, 0.3) is 0 Å². The molecule has 7 nitrogen and oxygen atoms in total. The third-order valence-corrected chi connectivity index (χ3v) is 3.18. The van der Waals surface area contributed by atoms with Crippen molar-refractivity contribution in [3.05, 3.63) is 16.7 Å². The number of rotatable bonds is 1. The van der Waals surface area contributed by atoms with Gasteiger partial charge in [-0.2, -0.15) is 0 Å². The van der Waals surface area contributed by atoms with Gasteiger partial charge in [0.25, 0.3) is 5.56 Å². The zero-order valence-corrected chi connectivity index (χ0v) is 9.31. The first kappa shape index (κ1) is 10.5. The maximum absolute atomic E-state index is 11.4. The van der Waals surface area contributed by atoms with E-state index in [0.717, 1.165) is 13.0 Å². The third-order valence-electron chi connectivity index (χ3n) is 3.18. The van der Waals surface area contributed by atoms with E-state index in [2.05, 4.69) is 9.97 Å². The lowest BCUT2D eigenvalue weighted by atomic mass is 10.2. The molecule has 0 radical (unpaired) electrons. The predicted molar refractivity (Wildman–Crippen MR) is 60.7 cm³/mol. The lowest BCUT2D eigenvalue weighted by molar-refractivity contribution is -0.137. The average molecular weight is 238 g/mol. The molecule has 1 spiro atoms. The number of hydrogen-bond acceptors (Lipinski definition) is 6. The monoisotopic (exact) mass is 238 g/mol. The maximum atomic E-state index is 11.4. The summed E-state index contributed by atoms with van der Waals surface area (Å²) in [6.45, 7) is 2.52.